The van der Waals surface area contributed by atoms with E-state index in [9.17, 15) is 9.59 Å². The van der Waals surface area contributed by atoms with E-state index in [4.69, 9.17) is 0 Å². The highest BCUT2D eigenvalue weighted by Gasteiger charge is 2.13. The van der Waals surface area contributed by atoms with Crippen molar-refractivity contribution in [2.75, 3.05) is 6.54 Å². The summed E-state index contributed by atoms with van der Waals surface area (Å²) < 4.78 is 1.99. The second-order valence-electron chi connectivity index (χ2n) is 7.12. The van der Waals surface area contributed by atoms with E-state index in [1.807, 2.05) is 42.8 Å². The second kappa shape index (κ2) is 7.38. The Balaban J connectivity index is 1.61. The molecule has 0 aliphatic rings. The third-order valence-electron chi connectivity index (χ3n) is 4.91. The number of aromatic nitrogens is 4. The molecule has 0 radical (unpaired) electrons. The number of nitrogens with zero attached hydrogens (tertiary/aromatic N) is 3. The van der Waals surface area contributed by atoms with Crippen LogP contribution in [0.25, 0.3) is 33.3 Å². The Morgan fingerprint density at radius 1 is 1.24 bits per heavy atom. The summed E-state index contributed by atoms with van der Waals surface area (Å²) in [5.74, 6) is -0.462. The van der Waals surface area contributed by atoms with Gasteiger partial charge in [-0.15, -0.1) is 0 Å². The molecule has 0 saturated heterocycles. The Labute approximate surface area is 167 Å². The molecule has 0 fully saturated rings. The van der Waals surface area contributed by atoms with Crippen LogP contribution in [-0.4, -0.2) is 37.9 Å². The molecule has 4 aromatic rings. The van der Waals surface area contributed by atoms with Crippen LogP contribution in [0.2, 0.25) is 0 Å². The van der Waals surface area contributed by atoms with Crippen molar-refractivity contribution in [3.8, 4) is 11.3 Å². The van der Waals surface area contributed by atoms with Gasteiger partial charge >= 0.3 is 0 Å². The summed E-state index contributed by atoms with van der Waals surface area (Å²) in [6.07, 6.45) is 3.55. The van der Waals surface area contributed by atoms with E-state index in [2.05, 4.69) is 31.7 Å². The van der Waals surface area contributed by atoms with Gasteiger partial charge in [0.15, 0.2) is 0 Å². The number of aromatic amines is 1. The van der Waals surface area contributed by atoms with Crippen molar-refractivity contribution in [1.82, 2.24) is 30.2 Å². The van der Waals surface area contributed by atoms with Crippen LogP contribution in [0.3, 0.4) is 0 Å². The number of rotatable bonds is 5. The summed E-state index contributed by atoms with van der Waals surface area (Å²) in [4.78, 5) is 35.2. The molecule has 0 spiro atoms. The second-order valence-corrected chi connectivity index (χ2v) is 7.12. The molecule has 0 aliphatic carbocycles. The molecule has 0 saturated carbocycles. The number of imidazole rings is 1. The molecule has 3 aromatic heterocycles. The average Bonchev–Trinajstić information content (AvgIpc) is 3.30. The Kier molecular flexibility index (Phi) is 4.75. The molecule has 1 unspecified atom stereocenters. The quantitative estimate of drug-likeness (QED) is 0.487. The number of pyridine rings is 1. The van der Waals surface area contributed by atoms with Gasteiger partial charge in [-0.25, -0.2) is 9.97 Å². The summed E-state index contributed by atoms with van der Waals surface area (Å²) in [7, 11) is 1.97. The third kappa shape index (κ3) is 3.69. The lowest BCUT2D eigenvalue weighted by Crippen LogP contribution is -2.37. The van der Waals surface area contributed by atoms with Crippen LogP contribution in [-0.2, 0) is 16.6 Å². The molecule has 8 nitrogen and oxygen atoms in total. The van der Waals surface area contributed by atoms with Gasteiger partial charge in [-0.3, -0.25) is 9.59 Å². The SMILES string of the molecule is CC(=O)NCC(=O)NC(C)c1cccc(-c2cc3c(ncc4ncn(C)c43)[nH]2)c1. The molecule has 4 rings (SSSR count). The molecule has 0 bridgehead atoms. The summed E-state index contributed by atoms with van der Waals surface area (Å²) in [6, 6.07) is 9.86. The van der Waals surface area contributed by atoms with Gasteiger partial charge in [0.1, 0.15) is 11.2 Å². The number of hydrogen-bond donors (Lipinski definition) is 3. The van der Waals surface area contributed by atoms with E-state index in [0.717, 1.165) is 38.9 Å². The molecule has 29 heavy (non-hydrogen) atoms. The lowest BCUT2D eigenvalue weighted by atomic mass is 10.0. The number of carbonyl (C=O) groups excluding carboxylic acids is 2. The number of aryl methyl sites for hydroxylation is 1. The van der Waals surface area contributed by atoms with Gasteiger partial charge in [0, 0.05) is 25.1 Å². The standard InChI is InChI=1S/C21H22N6O2/c1-12(25-19(29)10-22-13(2)28)14-5-4-6-15(7-14)17-8-16-20-18(24-11-27(20)3)9-23-21(16)26-17/h4-9,11-12H,10H2,1-3H3,(H,22,28)(H,23,26)(H,25,29). The van der Waals surface area contributed by atoms with Gasteiger partial charge in [-0.1, -0.05) is 18.2 Å². The van der Waals surface area contributed by atoms with Crippen LogP contribution in [0, 0.1) is 0 Å². The molecular formula is C21H22N6O2. The first-order valence-corrected chi connectivity index (χ1v) is 9.35. The van der Waals surface area contributed by atoms with Crippen LogP contribution in [0.5, 0.6) is 0 Å². The summed E-state index contributed by atoms with van der Waals surface area (Å²) >= 11 is 0. The number of nitrogens with one attached hydrogen (secondary N) is 3. The largest absolute Gasteiger partial charge is 0.348 e. The average molecular weight is 390 g/mol. The van der Waals surface area contributed by atoms with E-state index in [-0.39, 0.29) is 24.4 Å². The molecule has 8 heteroatoms. The first-order valence-electron chi connectivity index (χ1n) is 9.35. The minimum Gasteiger partial charge on any atom is -0.348 e. The summed E-state index contributed by atoms with van der Waals surface area (Å²) in [5, 5.41) is 6.41. The molecular weight excluding hydrogens is 368 g/mol. The lowest BCUT2D eigenvalue weighted by molar-refractivity contribution is -0.125. The maximum Gasteiger partial charge on any atom is 0.239 e. The maximum absolute atomic E-state index is 12.0. The molecule has 0 aliphatic heterocycles. The van der Waals surface area contributed by atoms with Crippen LogP contribution in [0.15, 0.2) is 42.9 Å². The minimum atomic E-state index is -0.232. The summed E-state index contributed by atoms with van der Waals surface area (Å²) in [5.41, 5.74) is 5.61. The number of H-pyrrole nitrogens is 1. The predicted octanol–water partition coefficient (Wildman–Crippen LogP) is 2.43. The third-order valence-corrected chi connectivity index (χ3v) is 4.91. The number of fused-ring (bicyclic) bond motifs is 3. The maximum atomic E-state index is 12.0. The summed E-state index contributed by atoms with van der Waals surface area (Å²) in [6.45, 7) is 3.26. The van der Waals surface area contributed by atoms with E-state index in [1.165, 1.54) is 6.92 Å². The Hall–Kier alpha value is -3.68. The fraction of sp³-hybridized carbons (Fsp3) is 0.238. The van der Waals surface area contributed by atoms with Gasteiger partial charge in [0.2, 0.25) is 11.8 Å². The van der Waals surface area contributed by atoms with E-state index >= 15 is 0 Å². The molecule has 1 aromatic carbocycles. The van der Waals surface area contributed by atoms with E-state index in [0.29, 0.717) is 0 Å². The normalized spacial score (nSPS) is 12.2. The van der Waals surface area contributed by atoms with Crippen molar-refractivity contribution < 1.29 is 9.59 Å². The number of benzene rings is 1. The van der Waals surface area contributed by atoms with Crippen LogP contribution in [0.1, 0.15) is 25.5 Å². The zero-order valence-electron chi connectivity index (χ0n) is 16.5. The van der Waals surface area contributed by atoms with Crippen LogP contribution >= 0.6 is 0 Å². The van der Waals surface area contributed by atoms with E-state index < -0.39 is 0 Å². The van der Waals surface area contributed by atoms with Gasteiger partial charge in [-0.05, 0) is 30.2 Å². The number of hydrogen-bond acceptors (Lipinski definition) is 4. The Bertz CT molecular complexity index is 1220. The molecule has 3 heterocycles. The highest BCUT2D eigenvalue weighted by Crippen LogP contribution is 2.29. The minimum absolute atomic E-state index is 0.0340. The molecule has 1 atom stereocenters. The van der Waals surface area contributed by atoms with E-state index in [1.54, 1.807) is 12.5 Å². The first kappa shape index (κ1) is 18.7. The zero-order chi connectivity index (χ0) is 20.5. The van der Waals surface area contributed by atoms with Crippen molar-refractivity contribution in [3.63, 3.8) is 0 Å². The fourth-order valence-electron chi connectivity index (χ4n) is 3.43. The molecule has 3 N–H and O–H groups in total. The van der Waals surface area contributed by atoms with Crippen molar-refractivity contribution in [2.45, 2.75) is 19.9 Å². The Morgan fingerprint density at radius 3 is 2.86 bits per heavy atom. The Morgan fingerprint density at radius 2 is 2.07 bits per heavy atom. The molecule has 2 amide bonds. The van der Waals surface area contributed by atoms with Crippen molar-refractivity contribution in [2.24, 2.45) is 7.05 Å². The predicted molar refractivity (Wildman–Crippen MR) is 111 cm³/mol. The van der Waals surface area contributed by atoms with Crippen molar-refractivity contribution >= 4 is 33.9 Å². The zero-order valence-corrected chi connectivity index (χ0v) is 16.5. The highest BCUT2D eigenvalue weighted by atomic mass is 16.2. The van der Waals surface area contributed by atoms with Gasteiger partial charge in [-0.2, -0.15) is 0 Å². The first-order chi connectivity index (χ1) is 13.9. The van der Waals surface area contributed by atoms with Gasteiger partial charge < -0.3 is 20.2 Å². The lowest BCUT2D eigenvalue weighted by Gasteiger charge is -2.15. The van der Waals surface area contributed by atoms with Crippen LogP contribution < -0.4 is 10.6 Å². The fourth-order valence-corrected chi connectivity index (χ4v) is 3.43. The molecule has 148 valence electrons. The monoisotopic (exact) mass is 390 g/mol. The van der Waals surface area contributed by atoms with Crippen LogP contribution in [0.4, 0.5) is 0 Å². The number of carbonyl (C=O) groups is 2. The number of amides is 2. The van der Waals surface area contributed by atoms with Crippen molar-refractivity contribution in [1.29, 1.82) is 0 Å². The van der Waals surface area contributed by atoms with Crippen molar-refractivity contribution in [3.05, 3.63) is 48.4 Å². The van der Waals surface area contributed by atoms with Gasteiger partial charge in [0.25, 0.3) is 0 Å². The smallest absolute Gasteiger partial charge is 0.239 e. The topological polar surface area (TPSA) is 105 Å². The van der Waals surface area contributed by atoms with Gasteiger partial charge in [0.05, 0.1) is 30.6 Å². The highest BCUT2D eigenvalue weighted by molar-refractivity contribution is 6.03.